The molecule has 3 heteroatoms. The van der Waals surface area contributed by atoms with Gasteiger partial charge in [-0.3, -0.25) is 4.90 Å². The first-order valence-electron chi connectivity index (χ1n) is 4.18. The zero-order chi connectivity index (χ0) is 8.97. The van der Waals surface area contributed by atoms with E-state index in [9.17, 15) is 0 Å². The first-order valence-corrected chi connectivity index (χ1v) is 4.18. The van der Waals surface area contributed by atoms with Crippen molar-refractivity contribution in [3.05, 3.63) is 0 Å². The van der Waals surface area contributed by atoms with Crippen LogP contribution in [0.5, 0.6) is 0 Å². The second kappa shape index (κ2) is 4.46. The van der Waals surface area contributed by atoms with Crippen molar-refractivity contribution in [1.82, 2.24) is 4.90 Å². The molecule has 0 bridgehead atoms. The molecule has 1 fully saturated rings. The molecule has 0 aromatic carbocycles. The van der Waals surface area contributed by atoms with Gasteiger partial charge in [-0.25, -0.2) is 0 Å². The molecule has 0 radical (unpaired) electrons. The van der Waals surface area contributed by atoms with Crippen molar-refractivity contribution < 1.29 is 9.84 Å². The van der Waals surface area contributed by atoms with Crippen LogP contribution in [0.15, 0.2) is 0 Å². The third-order valence-corrected chi connectivity index (χ3v) is 2.13. The van der Waals surface area contributed by atoms with Gasteiger partial charge in [0.2, 0.25) is 0 Å². The Hall–Kier alpha value is -0.560. The molecule has 0 aromatic heterocycles. The summed E-state index contributed by atoms with van der Waals surface area (Å²) >= 11 is 0. The van der Waals surface area contributed by atoms with Crippen LogP contribution < -0.4 is 0 Å². The van der Waals surface area contributed by atoms with Crippen LogP contribution in [0, 0.1) is 12.3 Å². The molecule has 1 rings (SSSR count). The molecule has 0 spiro atoms. The van der Waals surface area contributed by atoms with Crippen LogP contribution in [0.1, 0.15) is 6.92 Å². The fourth-order valence-electron chi connectivity index (χ4n) is 1.32. The number of terminal acetylenes is 1. The van der Waals surface area contributed by atoms with Gasteiger partial charge >= 0.3 is 0 Å². The zero-order valence-corrected chi connectivity index (χ0v) is 7.36. The van der Waals surface area contributed by atoms with E-state index in [0.717, 1.165) is 6.54 Å². The van der Waals surface area contributed by atoms with E-state index in [-0.39, 0.29) is 12.7 Å². The molecule has 1 heterocycles. The van der Waals surface area contributed by atoms with Gasteiger partial charge in [0.1, 0.15) is 0 Å². The summed E-state index contributed by atoms with van der Waals surface area (Å²) in [4.78, 5) is 2.14. The maximum atomic E-state index is 8.86. The summed E-state index contributed by atoms with van der Waals surface area (Å²) in [5.74, 6) is 2.60. The molecule has 1 saturated heterocycles. The van der Waals surface area contributed by atoms with Crippen LogP contribution in [0.4, 0.5) is 0 Å². The quantitative estimate of drug-likeness (QED) is 0.576. The SMILES string of the molecule is C#CCN1CC(CO)OCC1C. The molecule has 2 atom stereocenters. The molecular weight excluding hydrogens is 154 g/mol. The van der Waals surface area contributed by atoms with E-state index in [4.69, 9.17) is 16.3 Å². The minimum Gasteiger partial charge on any atom is -0.394 e. The average Bonchev–Trinajstić information content (AvgIpc) is 2.09. The number of ether oxygens (including phenoxy) is 1. The Morgan fingerprint density at radius 3 is 3.08 bits per heavy atom. The third-order valence-electron chi connectivity index (χ3n) is 2.13. The topological polar surface area (TPSA) is 32.7 Å². The van der Waals surface area contributed by atoms with Gasteiger partial charge in [0.25, 0.3) is 0 Å². The van der Waals surface area contributed by atoms with E-state index in [1.165, 1.54) is 0 Å². The summed E-state index contributed by atoms with van der Waals surface area (Å²) in [6.45, 7) is 4.19. The summed E-state index contributed by atoms with van der Waals surface area (Å²) in [5.41, 5.74) is 0. The Morgan fingerprint density at radius 1 is 1.75 bits per heavy atom. The first kappa shape index (κ1) is 9.53. The smallest absolute Gasteiger partial charge is 0.0933 e. The van der Waals surface area contributed by atoms with Gasteiger partial charge in [-0.1, -0.05) is 5.92 Å². The number of nitrogens with zero attached hydrogens (tertiary/aromatic N) is 1. The Labute approximate surface area is 73.3 Å². The van der Waals surface area contributed by atoms with Crippen LogP contribution in [0.3, 0.4) is 0 Å². The third kappa shape index (κ3) is 2.21. The molecule has 68 valence electrons. The number of hydrogen-bond donors (Lipinski definition) is 1. The number of aliphatic hydroxyl groups is 1. The van der Waals surface area contributed by atoms with Gasteiger partial charge in [-0.2, -0.15) is 0 Å². The highest BCUT2D eigenvalue weighted by Gasteiger charge is 2.24. The number of aliphatic hydroxyl groups excluding tert-OH is 1. The van der Waals surface area contributed by atoms with E-state index in [2.05, 4.69) is 17.7 Å². The van der Waals surface area contributed by atoms with Crippen molar-refractivity contribution >= 4 is 0 Å². The van der Waals surface area contributed by atoms with Crippen molar-refractivity contribution in [3.63, 3.8) is 0 Å². The van der Waals surface area contributed by atoms with Crippen LogP contribution >= 0.6 is 0 Å². The highest BCUT2D eigenvalue weighted by atomic mass is 16.5. The van der Waals surface area contributed by atoms with Crippen LogP contribution in [-0.2, 0) is 4.74 Å². The second-order valence-corrected chi connectivity index (χ2v) is 3.12. The highest BCUT2D eigenvalue weighted by molar-refractivity contribution is 4.91. The summed E-state index contributed by atoms with van der Waals surface area (Å²) in [5, 5.41) is 8.86. The lowest BCUT2D eigenvalue weighted by Gasteiger charge is -2.36. The van der Waals surface area contributed by atoms with Gasteiger partial charge in [-0.05, 0) is 6.92 Å². The Kier molecular flexibility index (Phi) is 3.54. The molecule has 0 saturated carbocycles. The Morgan fingerprint density at radius 2 is 2.50 bits per heavy atom. The minimum atomic E-state index is -0.0606. The fourth-order valence-corrected chi connectivity index (χ4v) is 1.32. The number of rotatable bonds is 2. The molecule has 1 aliphatic rings. The van der Waals surface area contributed by atoms with Crippen molar-refractivity contribution in [2.45, 2.75) is 19.1 Å². The molecule has 2 unspecified atom stereocenters. The standard InChI is InChI=1S/C9H15NO2/c1-3-4-10-5-9(6-11)12-7-8(10)2/h1,8-9,11H,4-7H2,2H3. The second-order valence-electron chi connectivity index (χ2n) is 3.12. The fraction of sp³-hybridized carbons (Fsp3) is 0.778. The largest absolute Gasteiger partial charge is 0.394 e. The zero-order valence-electron chi connectivity index (χ0n) is 7.36. The van der Waals surface area contributed by atoms with E-state index < -0.39 is 0 Å². The van der Waals surface area contributed by atoms with E-state index in [0.29, 0.717) is 19.2 Å². The molecule has 0 aromatic rings. The van der Waals surface area contributed by atoms with Crippen molar-refractivity contribution in [2.24, 2.45) is 0 Å². The van der Waals surface area contributed by atoms with E-state index in [1.54, 1.807) is 0 Å². The van der Waals surface area contributed by atoms with Crippen molar-refractivity contribution in [3.8, 4) is 12.3 Å². The lowest BCUT2D eigenvalue weighted by Crippen LogP contribution is -2.49. The van der Waals surface area contributed by atoms with Crippen LogP contribution in [0.2, 0.25) is 0 Å². The van der Waals surface area contributed by atoms with Gasteiger partial charge < -0.3 is 9.84 Å². The van der Waals surface area contributed by atoms with Crippen LogP contribution in [-0.4, -0.2) is 48.5 Å². The van der Waals surface area contributed by atoms with Gasteiger partial charge in [0.05, 0.1) is 25.9 Å². The summed E-state index contributed by atoms with van der Waals surface area (Å²) in [7, 11) is 0. The van der Waals surface area contributed by atoms with E-state index in [1.807, 2.05) is 0 Å². The molecular formula is C9H15NO2. The predicted octanol–water partition coefficient (Wildman–Crippen LogP) is -0.299. The lowest BCUT2D eigenvalue weighted by molar-refractivity contribution is -0.0735. The molecule has 1 aliphatic heterocycles. The summed E-state index contributed by atoms with van der Waals surface area (Å²) in [6.07, 6.45) is 5.15. The number of morpholine rings is 1. The van der Waals surface area contributed by atoms with Gasteiger partial charge in [0.15, 0.2) is 0 Å². The number of hydrogen-bond acceptors (Lipinski definition) is 3. The van der Waals surface area contributed by atoms with Crippen molar-refractivity contribution in [1.29, 1.82) is 0 Å². The summed E-state index contributed by atoms with van der Waals surface area (Å²) < 4.78 is 5.36. The first-order chi connectivity index (χ1) is 5.77. The van der Waals surface area contributed by atoms with Gasteiger partial charge in [0, 0.05) is 12.6 Å². The molecule has 1 N–H and O–H groups in total. The maximum absolute atomic E-state index is 8.86. The molecule has 3 nitrogen and oxygen atoms in total. The monoisotopic (exact) mass is 169 g/mol. The van der Waals surface area contributed by atoms with E-state index >= 15 is 0 Å². The van der Waals surface area contributed by atoms with Gasteiger partial charge in [-0.15, -0.1) is 6.42 Å². The minimum absolute atomic E-state index is 0.0606. The summed E-state index contributed by atoms with van der Waals surface area (Å²) in [6, 6.07) is 0.365. The Bertz CT molecular complexity index is 176. The molecule has 0 aliphatic carbocycles. The normalized spacial score (nSPS) is 31.4. The lowest BCUT2D eigenvalue weighted by atomic mass is 10.2. The molecule has 0 amide bonds. The molecule has 12 heavy (non-hydrogen) atoms. The Balaban J connectivity index is 2.42. The maximum Gasteiger partial charge on any atom is 0.0933 e. The average molecular weight is 169 g/mol. The van der Waals surface area contributed by atoms with Crippen LogP contribution in [0.25, 0.3) is 0 Å². The predicted molar refractivity (Wildman–Crippen MR) is 46.7 cm³/mol. The highest BCUT2D eigenvalue weighted by Crippen LogP contribution is 2.10. The van der Waals surface area contributed by atoms with Crippen molar-refractivity contribution in [2.75, 3.05) is 26.3 Å².